The van der Waals surface area contributed by atoms with E-state index in [1.165, 1.54) is 0 Å². The van der Waals surface area contributed by atoms with Gasteiger partial charge in [-0.1, -0.05) is 6.08 Å². The third-order valence-electron chi connectivity index (χ3n) is 1.62. The quantitative estimate of drug-likeness (QED) is 0.598. The number of dihydropyridines is 1. The van der Waals surface area contributed by atoms with Gasteiger partial charge in [0.25, 0.3) is 0 Å². The summed E-state index contributed by atoms with van der Waals surface area (Å²) in [7, 11) is 1.66. The van der Waals surface area contributed by atoms with Gasteiger partial charge < -0.3 is 9.47 Å². The SMILES string of the molecule is COCCOC1=NC(C)CC=C1. The van der Waals surface area contributed by atoms with E-state index in [1.807, 2.05) is 6.08 Å². The second-order valence-electron chi connectivity index (χ2n) is 2.80. The van der Waals surface area contributed by atoms with E-state index >= 15 is 0 Å². The van der Waals surface area contributed by atoms with Crippen molar-refractivity contribution in [1.29, 1.82) is 0 Å². The molecule has 1 unspecified atom stereocenters. The Morgan fingerprint density at radius 3 is 3.08 bits per heavy atom. The Labute approximate surface area is 73.1 Å². The van der Waals surface area contributed by atoms with Gasteiger partial charge in [-0.2, -0.15) is 0 Å². The first-order chi connectivity index (χ1) is 5.83. The van der Waals surface area contributed by atoms with Gasteiger partial charge in [-0.15, -0.1) is 0 Å². The number of hydrogen-bond acceptors (Lipinski definition) is 3. The zero-order valence-corrected chi connectivity index (χ0v) is 7.62. The molecule has 0 aromatic rings. The Morgan fingerprint density at radius 1 is 1.58 bits per heavy atom. The van der Waals surface area contributed by atoms with E-state index in [0.29, 0.717) is 19.3 Å². The van der Waals surface area contributed by atoms with Crippen LogP contribution in [-0.2, 0) is 9.47 Å². The summed E-state index contributed by atoms with van der Waals surface area (Å²) in [5.74, 6) is 0.728. The zero-order valence-electron chi connectivity index (χ0n) is 7.62. The van der Waals surface area contributed by atoms with Gasteiger partial charge in [-0.25, -0.2) is 4.99 Å². The van der Waals surface area contributed by atoms with Crippen molar-refractivity contribution in [3.05, 3.63) is 12.2 Å². The molecule has 0 spiro atoms. The molecule has 0 fully saturated rings. The molecule has 1 atom stereocenters. The van der Waals surface area contributed by atoms with Crippen molar-refractivity contribution in [3.63, 3.8) is 0 Å². The Morgan fingerprint density at radius 2 is 2.42 bits per heavy atom. The van der Waals surface area contributed by atoms with Crippen LogP contribution >= 0.6 is 0 Å². The summed E-state index contributed by atoms with van der Waals surface area (Å²) in [6.45, 7) is 3.26. The van der Waals surface area contributed by atoms with Crippen molar-refractivity contribution >= 4 is 5.90 Å². The normalized spacial score (nSPS) is 22.2. The number of aliphatic imine (C=N–C) groups is 1. The summed E-state index contributed by atoms with van der Waals surface area (Å²) in [5, 5.41) is 0. The fourth-order valence-corrected chi connectivity index (χ4v) is 0.994. The minimum atomic E-state index is 0.354. The van der Waals surface area contributed by atoms with Crippen LogP contribution in [0.15, 0.2) is 17.1 Å². The summed E-state index contributed by atoms with van der Waals surface area (Å²) in [6, 6.07) is 0.354. The lowest BCUT2D eigenvalue weighted by atomic mass is 10.2. The van der Waals surface area contributed by atoms with Crippen molar-refractivity contribution in [1.82, 2.24) is 0 Å². The minimum Gasteiger partial charge on any atom is -0.475 e. The number of rotatable bonds is 3. The highest BCUT2D eigenvalue weighted by atomic mass is 16.5. The third-order valence-corrected chi connectivity index (χ3v) is 1.62. The van der Waals surface area contributed by atoms with E-state index in [0.717, 1.165) is 12.3 Å². The highest BCUT2D eigenvalue weighted by Crippen LogP contribution is 2.05. The van der Waals surface area contributed by atoms with Crippen molar-refractivity contribution < 1.29 is 9.47 Å². The molecular weight excluding hydrogens is 154 g/mol. The van der Waals surface area contributed by atoms with Crippen LogP contribution in [0.1, 0.15) is 13.3 Å². The molecule has 0 aromatic heterocycles. The third kappa shape index (κ3) is 3.05. The lowest BCUT2D eigenvalue weighted by molar-refractivity contribution is 0.141. The smallest absolute Gasteiger partial charge is 0.208 e. The highest BCUT2D eigenvalue weighted by molar-refractivity contribution is 5.88. The molecule has 0 saturated heterocycles. The van der Waals surface area contributed by atoms with Gasteiger partial charge in [-0.3, -0.25) is 0 Å². The first-order valence-corrected chi connectivity index (χ1v) is 4.19. The molecule has 68 valence electrons. The van der Waals surface area contributed by atoms with E-state index in [2.05, 4.69) is 18.0 Å². The van der Waals surface area contributed by atoms with Gasteiger partial charge in [0, 0.05) is 7.11 Å². The van der Waals surface area contributed by atoms with Crippen LogP contribution in [0.3, 0.4) is 0 Å². The molecule has 0 saturated carbocycles. The molecule has 0 aromatic carbocycles. The lowest BCUT2D eigenvalue weighted by Crippen LogP contribution is -2.13. The van der Waals surface area contributed by atoms with Crippen LogP contribution in [0.4, 0.5) is 0 Å². The molecule has 0 N–H and O–H groups in total. The van der Waals surface area contributed by atoms with Crippen molar-refractivity contribution in [2.45, 2.75) is 19.4 Å². The molecule has 1 aliphatic rings. The predicted octanol–water partition coefficient (Wildman–Crippen LogP) is 1.40. The molecule has 3 nitrogen and oxygen atoms in total. The number of nitrogens with zero attached hydrogens (tertiary/aromatic N) is 1. The zero-order chi connectivity index (χ0) is 8.81. The van der Waals surface area contributed by atoms with E-state index < -0.39 is 0 Å². The fourth-order valence-electron chi connectivity index (χ4n) is 0.994. The fraction of sp³-hybridized carbons (Fsp3) is 0.667. The summed E-state index contributed by atoms with van der Waals surface area (Å²) < 4.78 is 10.2. The summed E-state index contributed by atoms with van der Waals surface area (Å²) in [5.41, 5.74) is 0. The largest absolute Gasteiger partial charge is 0.475 e. The van der Waals surface area contributed by atoms with Crippen molar-refractivity contribution in [3.8, 4) is 0 Å². The van der Waals surface area contributed by atoms with Crippen molar-refractivity contribution in [2.24, 2.45) is 4.99 Å². The molecule has 0 bridgehead atoms. The molecule has 1 aliphatic heterocycles. The van der Waals surface area contributed by atoms with Gasteiger partial charge >= 0.3 is 0 Å². The first kappa shape index (κ1) is 9.26. The molecule has 12 heavy (non-hydrogen) atoms. The summed E-state index contributed by atoms with van der Waals surface area (Å²) in [6.07, 6.45) is 5.01. The second kappa shape index (κ2) is 4.93. The Balaban J connectivity index is 2.26. The molecule has 3 heteroatoms. The number of hydrogen-bond donors (Lipinski definition) is 0. The molecule has 1 heterocycles. The molecule has 1 rings (SSSR count). The molecule has 0 radical (unpaired) electrons. The van der Waals surface area contributed by atoms with Gasteiger partial charge in [0.05, 0.1) is 12.6 Å². The number of ether oxygens (including phenoxy) is 2. The van der Waals surface area contributed by atoms with Gasteiger partial charge in [0.1, 0.15) is 6.61 Å². The standard InChI is InChI=1S/C9H15NO2/c1-8-4-3-5-9(10-8)12-7-6-11-2/h3,5,8H,4,6-7H2,1-2H3. The molecule has 0 aliphatic carbocycles. The highest BCUT2D eigenvalue weighted by Gasteiger charge is 2.05. The first-order valence-electron chi connectivity index (χ1n) is 4.19. The molecular formula is C9H15NO2. The maximum absolute atomic E-state index is 5.33. The van der Waals surface area contributed by atoms with E-state index in [9.17, 15) is 0 Å². The summed E-state index contributed by atoms with van der Waals surface area (Å²) in [4.78, 5) is 4.31. The maximum atomic E-state index is 5.33. The van der Waals surface area contributed by atoms with Crippen LogP contribution in [0, 0.1) is 0 Å². The minimum absolute atomic E-state index is 0.354. The van der Waals surface area contributed by atoms with Gasteiger partial charge in [0.15, 0.2) is 0 Å². The van der Waals surface area contributed by atoms with Crippen LogP contribution in [0.2, 0.25) is 0 Å². The Hall–Kier alpha value is -0.830. The predicted molar refractivity (Wildman–Crippen MR) is 48.5 cm³/mol. The topological polar surface area (TPSA) is 30.8 Å². The Bertz CT molecular complexity index is 187. The second-order valence-corrected chi connectivity index (χ2v) is 2.80. The molecule has 0 amide bonds. The van der Waals surface area contributed by atoms with E-state index in [1.54, 1.807) is 7.11 Å². The Kier molecular flexibility index (Phi) is 3.80. The lowest BCUT2D eigenvalue weighted by Gasteiger charge is -2.12. The van der Waals surface area contributed by atoms with Gasteiger partial charge in [0.2, 0.25) is 5.90 Å². The average Bonchev–Trinajstić information content (AvgIpc) is 2.05. The van der Waals surface area contributed by atoms with Crippen LogP contribution < -0.4 is 0 Å². The van der Waals surface area contributed by atoms with Crippen LogP contribution in [0.25, 0.3) is 0 Å². The monoisotopic (exact) mass is 169 g/mol. The number of methoxy groups -OCH3 is 1. The van der Waals surface area contributed by atoms with Crippen LogP contribution in [0.5, 0.6) is 0 Å². The maximum Gasteiger partial charge on any atom is 0.208 e. The van der Waals surface area contributed by atoms with E-state index in [4.69, 9.17) is 9.47 Å². The van der Waals surface area contributed by atoms with E-state index in [-0.39, 0.29) is 0 Å². The summed E-state index contributed by atoms with van der Waals surface area (Å²) >= 11 is 0. The average molecular weight is 169 g/mol. The van der Waals surface area contributed by atoms with Crippen LogP contribution in [-0.4, -0.2) is 32.3 Å². The van der Waals surface area contributed by atoms with Gasteiger partial charge in [-0.05, 0) is 19.4 Å². The van der Waals surface area contributed by atoms with Crippen molar-refractivity contribution in [2.75, 3.05) is 20.3 Å².